The molecule has 28 heavy (non-hydrogen) atoms. The zero-order valence-corrected chi connectivity index (χ0v) is 16.4. The molecule has 0 spiro atoms. The summed E-state index contributed by atoms with van der Waals surface area (Å²) >= 11 is 6.39. The first-order chi connectivity index (χ1) is 13.7. The number of rotatable bonds is 5. The van der Waals surface area contributed by atoms with Crippen LogP contribution in [0.4, 0.5) is 11.5 Å². The monoisotopic (exact) mass is 394 g/mol. The van der Waals surface area contributed by atoms with Crippen LogP contribution in [0.15, 0.2) is 54.6 Å². The van der Waals surface area contributed by atoms with Crippen molar-refractivity contribution in [3.05, 3.63) is 65.2 Å². The number of nitrogens with zero attached hydrogens (tertiary/aromatic N) is 2. The Bertz CT molecular complexity index is 971. The van der Waals surface area contributed by atoms with E-state index in [2.05, 4.69) is 15.5 Å². The molecule has 0 saturated carbocycles. The molecular formula is C22H23ClN4O. The highest BCUT2D eigenvalue weighted by Crippen LogP contribution is 2.32. The van der Waals surface area contributed by atoms with Crippen LogP contribution in [0, 0.1) is 0 Å². The van der Waals surface area contributed by atoms with Crippen LogP contribution in [-0.4, -0.2) is 37.1 Å². The lowest BCUT2D eigenvalue weighted by Gasteiger charge is -2.28. The zero-order valence-electron chi connectivity index (χ0n) is 15.6. The standard InChI is InChI=1S/C22H23ClN4O/c23-18-8-9-19-17(7-10-20(25-19)27-14-12-24-13-15-27)22(18)26-21(28)11-6-16-4-2-1-3-5-16/h1-5,7-10,24H,6,11-15H2,(H,26,28). The van der Waals surface area contributed by atoms with Crippen molar-refractivity contribution in [1.29, 1.82) is 0 Å². The fraction of sp³-hybridized carbons (Fsp3) is 0.273. The van der Waals surface area contributed by atoms with Gasteiger partial charge in [-0.05, 0) is 36.2 Å². The minimum atomic E-state index is -0.0514. The van der Waals surface area contributed by atoms with Crippen molar-refractivity contribution < 1.29 is 4.79 Å². The number of pyridine rings is 1. The van der Waals surface area contributed by atoms with Gasteiger partial charge in [0.05, 0.1) is 16.2 Å². The van der Waals surface area contributed by atoms with Crippen LogP contribution in [0.3, 0.4) is 0 Å². The SMILES string of the molecule is O=C(CCc1ccccc1)Nc1c(Cl)ccc2nc(N3CCNCC3)ccc12. The molecular weight excluding hydrogens is 372 g/mol. The number of anilines is 2. The van der Waals surface area contributed by atoms with Crippen molar-refractivity contribution in [2.75, 3.05) is 36.4 Å². The van der Waals surface area contributed by atoms with Crippen molar-refractivity contribution in [3.8, 4) is 0 Å². The van der Waals surface area contributed by atoms with Gasteiger partial charge >= 0.3 is 0 Å². The highest BCUT2D eigenvalue weighted by atomic mass is 35.5. The number of piperazine rings is 1. The maximum Gasteiger partial charge on any atom is 0.224 e. The van der Waals surface area contributed by atoms with Crippen LogP contribution in [0.25, 0.3) is 10.9 Å². The molecule has 1 saturated heterocycles. The normalized spacial score (nSPS) is 14.2. The maximum absolute atomic E-state index is 12.5. The molecule has 1 aliphatic rings. The summed E-state index contributed by atoms with van der Waals surface area (Å²) in [7, 11) is 0. The number of hydrogen-bond donors (Lipinski definition) is 2. The lowest BCUT2D eigenvalue weighted by atomic mass is 10.1. The van der Waals surface area contributed by atoms with Gasteiger partial charge in [0.15, 0.2) is 0 Å². The highest BCUT2D eigenvalue weighted by Gasteiger charge is 2.15. The number of fused-ring (bicyclic) bond motifs is 1. The second-order valence-corrected chi connectivity index (χ2v) is 7.34. The summed E-state index contributed by atoms with van der Waals surface area (Å²) in [6, 6.07) is 17.7. The number of aryl methyl sites for hydroxylation is 1. The fourth-order valence-corrected chi connectivity index (χ4v) is 3.68. The molecule has 1 aliphatic heterocycles. The quantitative estimate of drug-likeness (QED) is 0.689. The van der Waals surface area contributed by atoms with E-state index in [9.17, 15) is 4.79 Å². The van der Waals surface area contributed by atoms with Crippen LogP contribution in [0.5, 0.6) is 0 Å². The summed E-state index contributed by atoms with van der Waals surface area (Å²) in [4.78, 5) is 19.5. The van der Waals surface area contributed by atoms with E-state index in [1.807, 2.05) is 48.5 Å². The molecule has 0 aliphatic carbocycles. The number of amides is 1. The summed E-state index contributed by atoms with van der Waals surface area (Å²) in [5.41, 5.74) is 2.61. The Hall–Kier alpha value is -2.63. The first kappa shape index (κ1) is 18.7. The van der Waals surface area contributed by atoms with Crippen molar-refractivity contribution in [2.24, 2.45) is 0 Å². The van der Waals surface area contributed by atoms with Crippen molar-refractivity contribution >= 4 is 39.9 Å². The summed E-state index contributed by atoms with van der Waals surface area (Å²) in [6.45, 7) is 3.80. The second kappa shape index (κ2) is 8.59. The number of halogens is 1. The van der Waals surface area contributed by atoms with E-state index in [-0.39, 0.29) is 5.91 Å². The first-order valence-corrected chi connectivity index (χ1v) is 9.97. The summed E-state index contributed by atoms with van der Waals surface area (Å²) < 4.78 is 0. The second-order valence-electron chi connectivity index (χ2n) is 6.93. The Morgan fingerprint density at radius 3 is 2.64 bits per heavy atom. The maximum atomic E-state index is 12.5. The zero-order chi connectivity index (χ0) is 19.3. The third kappa shape index (κ3) is 4.26. The van der Waals surface area contributed by atoms with Gasteiger partial charge in [-0.1, -0.05) is 41.9 Å². The fourth-order valence-electron chi connectivity index (χ4n) is 3.47. The minimum absolute atomic E-state index is 0.0514. The van der Waals surface area contributed by atoms with Gasteiger partial charge in [0.1, 0.15) is 5.82 Å². The molecule has 1 amide bonds. The van der Waals surface area contributed by atoms with Gasteiger partial charge in [-0.3, -0.25) is 4.79 Å². The Balaban J connectivity index is 1.52. The largest absolute Gasteiger partial charge is 0.354 e. The van der Waals surface area contributed by atoms with E-state index in [0.717, 1.165) is 48.5 Å². The number of carbonyl (C=O) groups is 1. The number of benzene rings is 2. The van der Waals surface area contributed by atoms with Crippen molar-refractivity contribution in [3.63, 3.8) is 0 Å². The number of carbonyl (C=O) groups excluding carboxylic acids is 1. The summed E-state index contributed by atoms with van der Waals surface area (Å²) in [5.74, 6) is 0.905. The number of aromatic nitrogens is 1. The minimum Gasteiger partial charge on any atom is -0.354 e. The highest BCUT2D eigenvalue weighted by molar-refractivity contribution is 6.35. The van der Waals surface area contributed by atoms with Gasteiger partial charge in [0.25, 0.3) is 0 Å². The lowest BCUT2D eigenvalue weighted by molar-refractivity contribution is -0.116. The van der Waals surface area contributed by atoms with Gasteiger partial charge < -0.3 is 15.5 Å². The molecule has 0 unspecified atom stereocenters. The van der Waals surface area contributed by atoms with E-state index < -0.39 is 0 Å². The van der Waals surface area contributed by atoms with Crippen LogP contribution in [0.1, 0.15) is 12.0 Å². The molecule has 2 heterocycles. The molecule has 0 atom stereocenters. The Morgan fingerprint density at radius 1 is 1.07 bits per heavy atom. The molecule has 0 bridgehead atoms. The van der Waals surface area contributed by atoms with Gasteiger partial charge in [0.2, 0.25) is 5.91 Å². The lowest BCUT2D eigenvalue weighted by Crippen LogP contribution is -2.43. The summed E-state index contributed by atoms with van der Waals surface area (Å²) in [6.07, 6.45) is 1.10. The predicted octanol–water partition coefficient (Wildman–Crippen LogP) is 3.87. The van der Waals surface area contributed by atoms with E-state index >= 15 is 0 Å². The Morgan fingerprint density at radius 2 is 1.86 bits per heavy atom. The van der Waals surface area contributed by atoms with Gasteiger partial charge in [-0.25, -0.2) is 4.98 Å². The molecule has 1 fully saturated rings. The topological polar surface area (TPSA) is 57.3 Å². The molecule has 1 aromatic heterocycles. The van der Waals surface area contributed by atoms with Crippen LogP contribution in [0.2, 0.25) is 5.02 Å². The van der Waals surface area contributed by atoms with Crippen molar-refractivity contribution in [2.45, 2.75) is 12.8 Å². The van der Waals surface area contributed by atoms with Gasteiger partial charge in [-0.15, -0.1) is 0 Å². The molecule has 2 aromatic carbocycles. The van der Waals surface area contributed by atoms with E-state index in [4.69, 9.17) is 16.6 Å². The third-order valence-electron chi connectivity index (χ3n) is 4.99. The van der Waals surface area contributed by atoms with Crippen LogP contribution in [-0.2, 0) is 11.2 Å². The average Bonchev–Trinajstić information content (AvgIpc) is 2.75. The molecule has 2 N–H and O–H groups in total. The van der Waals surface area contributed by atoms with Crippen molar-refractivity contribution in [1.82, 2.24) is 10.3 Å². The van der Waals surface area contributed by atoms with Crippen LogP contribution >= 0.6 is 11.6 Å². The molecule has 144 valence electrons. The Labute approximate surface area is 169 Å². The Kier molecular flexibility index (Phi) is 5.74. The first-order valence-electron chi connectivity index (χ1n) is 9.59. The van der Waals surface area contributed by atoms with Gasteiger partial charge in [-0.2, -0.15) is 0 Å². The molecule has 4 rings (SSSR count). The van der Waals surface area contributed by atoms with E-state index in [1.165, 1.54) is 0 Å². The van der Waals surface area contributed by atoms with E-state index in [1.54, 1.807) is 6.07 Å². The third-order valence-corrected chi connectivity index (χ3v) is 5.31. The number of nitrogens with one attached hydrogen (secondary N) is 2. The van der Waals surface area contributed by atoms with Gasteiger partial charge in [0, 0.05) is 38.0 Å². The molecule has 3 aromatic rings. The smallest absolute Gasteiger partial charge is 0.224 e. The molecule has 6 heteroatoms. The number of hydrogen-bond acceptors (Lipinski definition) is 4. The van der Waals surface area contributed by atoms with Crippen LogP contribution < -0.4 is 15.5 Å². The molecule has 5 nitrogen and oxygen atoms in total. The van der Waals surface area contributed by atoms with E-state index in [0.29, 0.717) is 23.6 Å². The predicted molar refractivity (Wildman–Crippen MR) is 115 cm³/mol. The molecule has 0 radical (unpaired) electrons. The average molecular weight is 395 g/mol. The summed E-state index contributed by atoms with van der Waals surface area (Å²) in [5, 5.41) is 7.72.